The predicted octanol–water partition coefficient (Wildman–Crippen LogP) is -0.0324. The van der Waals surface area contributed by atoms with E-state index in [1.165, 1.54) is 10.8 Å². The molecule has 2 rings (SSSR count). The summed E-state index contributed by atoms with van der Waals surface area (Å²) in [6, 6.07) is -0.290. The third kappa shape index (κ3) is 2.98. The van der Waals surface area contributed by atoms with Crippen LogP contribution in [-0.4, -0.2) is 35.7 Å². The van der Waals surface area contributed by atoms with Gasteiger partial charge in [0.15, 0.2) is 9.84 Å². The van der Waals surface area contributed by atoms with E-state index in [0.717, 1.165) is 6.08 Å². The van der Waals surface area contributed by atoms with E-state index >= 15 is 0 Å². The topological polar surface area (TPSA) is 92.1 Å². The molecule has 1 aliphatic rings. The molecule has 0 unspecified atom stereocenters. The van der Waals surface area contributed by atoms with Crippen molar-refractivity contribution in [2.75, 3.05) is 11.5 Å². The highest BCUT2D eigenvalue weighted by Gasteiger charge is 2.31. The van der Waals surface area contributed by atoms with Gasteiger partial charge in [0, 0.05) is 5.56 Å². The van der Waals surface area contributed by atoms with Gasteiger partial charge in [-0.15, -0.1) is 0 Å². The second kappa shape index (κ2) is 4.97. The van der Waals surface area contributed by atoms with E-state index in [1.807, 2.05) is 0 Å². The van der Waals surface area contributed by atoms with Crippen LogP contribution in [0.25, 0.3) is 6.08 Å². The number of aryl methyl sites for hydroxylation is 1. The molecule has 0 N–H and O–H groups in total. The number of hydrogen-bond acceptors (Lipinski definition) is 5. The Bertz CT molecular complexity index is 648. The largest absolute Gasteiger partial charge is 0.545 e. The molecule has 0 bridgehead atoms. The lowest BCUT2D eigenvalue weighted by Crippen LogP contribution is -2.18. The molecule has 0 aromatic carbocycles. The zero-order valence-electron chi connectivity index (χ0n) is 10.2. The van der Waals surface area contributed by atoms with Crippen molar-refractivity contribution in [2.45, 2.75) is 19.4 Å². The van der Waals surface area contributed by atoms with Gasteiger partial charge in [0.2, 0.25) is 0 Å². The van der Waals surface area contributed by atoms with E-state index < -0.39 is 15.8 Å². The maximum Gasteiger partial charge on any atom is 0.152 e. The molecular formula is C11H12ClN2O4S-. The summed E-state index contributed by atoms with van der Waals surface area (Å²) < 4.78 is 24.4. The first-order chi connectivity index (χ1) is 8.80. The molecule has 0 aliphatic carbocycles. The van der Waals surface area contributed by atoms with Crippen molar-refractivity contribution in [2.24, 2.45) is 0 Å². The molecule has 2 heterocycles. The molecule has 1 aromatic heterocycles. The third-order valence-corrected chi connectivity index (χ3v) is 5.14. The summed E-state index contributed by atoms with van der Waals surface area (Å²) in [5.74, 6) is -1.19. The standard InChI is InChI=1S/C11H13ClN2O4S/c1-7-9(2-3-10(15)16)11(12)14(13-7)8-4-5-19(17,18)6-8/h2-3,8H,4-6H2,1H3,(H,15,16)/p-1/b3-2+/t8-/m0/s1. The van der Waals surface area contributed by atoms with Crippen LogP contribution in [0, 0.1) is 6.92 Å². The van der Waals surface area contributed by atoms with Crippen molar-refractivity contribution in [3.63, 3.8) is 0 Å². The van der Waals surface area contributed by atoms with Crippen molar-refractivity contribution in [3.05, 3.63) is 22.5 Å². The number of halogens is 1. The first-order valence-corrected chi connectivity index (χ1v) is 7.84. The zero-order valence-corrected chi connectivity index (χ0v) is 11.7. The van der Waals surface area contributed by atoms with Crippen molar-refractivity contribution < 1.29 is 18.3 Å². The Hall–Kier alpha value is -1.34. The Kier molecular flexibility index (Phi) is 3.69. The van der Waals surface area contributed by atoms with Crippen LogP contribution in [0.1, 0.15) is 23.7 Å². The number of nitrogens with zero attached hydrogens (tertiary/aromatic N) is 2. The maximum absolute atomic E-state index is 11.4. The summed E-state index contributed by atoms with van der Waals surface area (Å²) >= 11 is 6.13. The molecule has 1 aromatic rings. The average molecular weight is 304 g/mol. The Morgan fingerprint density at radius 3 is 2.79 bits per heavy atom. The molecule has 1 fully saturated rings. The van der Waals surface area contributed by atoms with Crippen LogP contribution in [0.2, 0.25) is 5.15 Å². The van der Waals surface area contributed by atoms with Crippen LogP contribution in [0.5, 0.6) is 0 Å². The van der Waals surface area contributed by atoms with E-state index in [0.29, 0.717) is 17.7 Å². The number of carbonyl (C=O) groups excluding carboxylic acids is 1. The first kappa shape index (κ1) is 14.1. The van der Waals surface area contributed by atoms with Crippen LogP contribution >= 0.6 is 11.6 Å². The van der Waals surface area contributed by atoms with Gasteiger partial charge in [0.05, 0.1) is 29.2 Å². The van der Waals surface area contributed by atoms with Gasteiger partial charge in [-0.25, -0.2) is 13.1 Å². The molecule has 1 atom stereocenters. The monoisotopic (exact) mass is 303 g/mol. The number of sulfone groups is 1. The highest BCUT2D eigenvalue weighted by molar-refractivity contribution is 7.91. The lowest BCUT2D eigenvalue weighted by atomic mass is 10.2. The van der Waals surface area contributed by atoms with E-state index in [4.69, 9.17) is 11.6 Å². The zero-order chi connectivity index (χ0) is 14.2. The molecule has 1 saturated heterocycles. The highest BCUT2D eigenvalue weighted by atomic mass is 35.5. The number of aromatic nitrogens is 2. The number of aliphatic carboxylic acids is 1. The van der Waals surface area contributed by atoms with Gasteiger partial charge in [-0.3, -0.25) is 0 Å². The summed E-state index contributed by atoms with van der Waals surface area (Å²) in [6.07, 6.45) is 2.64. The minimum absolute atomic E-state index is 0.0114. The molecule has 1 aliphatic heterocycles. The highest BCUT2D eigenvalue weighted by Crippen LogP contribution is 2.30. The van der Waals surface area contributed by atoms with Crippen LogP contribution in [0.3, 0.4) is 0 Å². The molecule has 6 nitrogen and oxygen atoms in total. The second-order valence-corrected chi connectivity index (χ2v) is 7.03. The van der Waals surface area contributed by atoms with Crippen LogP contribution in [0.4, 0.5) is 0 Å². The first-order valence-electron chi connectivity index (χ1n) is 5.64. The van der Waals surface area contributed by atoms with Crippen molar-refractivity contribution in [3.8, 4) is 0 Å². The Morgan fingerprint density at radius 2 is 2.26 bits per heavy atom. The van der Waals surface area contributed by atoms with E-state index in [1.54, 1.807) is 6.92 Å². The van der Waals surface area contributed by atoms with Gasteiger partial charge in [0.1, 0.15) is 5.15 Å². The summed E-state index contributed by atoms with van der Waals surface area (Å²) in [5.41, 5.74) is 1.02. The number of hydrogen-bond donors (Lipinski definition) is 0. The molecule has 0 radical (unpaired) electrons. The number of rotatable bonds is 3. The maximum atomic E-state index is 11.4. The molecular weight excluding hydrogens is 292 g/mol. The third-order valence-electron chi connectivity index (χ3n) is 3.01. The Labute approximate surface area is 115 Å². The molecule has 19 heavy (non-hydrogen) atoms. The smallest absolute Gasteiger partial charge is 0.152 e. The molecule has 0 saturated carbocycles. The quantitative estimate of drug-likeness (QED) is 0.731. The minimum atomic E-state index is -3.03. The fourth-order valence-electron chi connectivity index (χ4n) is 2.08. The fraction of sp³-hybridized carbons (Fsp3) is 0.455. The van der Waals surface area contributed by atoms with Crippen molar-refractivity contribution in [1.29, 1.82) is 0 Å². The van der Waals surface area contributed by atoms with Gasteiger partial charge in [-0.05, 0) is 25.5 Å². The molecule has 0 spiro atoms. The lowest BCUT2D eigenvalue weighted by molar-refractivity contribution is -0.297. The van der Waals surface area contributed by atoms with Crippen LogP contribution in [0.15, 0.2) is 6.08 Å². The van der Waals surface area contributed by atoms with E-state index in [9.17, 15) is 18.3 Å². The molecule has 0 amide bonds. The average Bonchev–Trinajstić information content (AvgIpc) is 2.77. The summed E-state index contributed by atoms with van der Waals surface area (Å²) in [5, 5.41) is 14.8. The van der Waals surface area contributed by atoms with Gasteiger partial charge in [0.25, 0.3) is 0 Å². The predicted molar refractivity (Wildman–Crippen MR) is 68.3 cm³/mol. The van der Waals surface area contributed by atoms with E-state index in [-0.39, 0.29) is 22.7 Å². The SMILES string of the molecule is Cc1nn([C@H]2CCS(=O)(=O)C2)c(Cl)c1/C=C/C(=O)[O-]. The normalized spacial score (nSPS) is 22.1. The van der Waals surface area contributed by atoms with E-state index in [2.05, 4.69) is 5.10 Å². The molecule has 104 valence electrons. The number of carboxylic acid groups (broad SMARTS) is 1. The number of carboxylic acids is 1. The summed E-state index contributed by atoms with van der Waals surface area (Å²) in [4.78, 5) is 10.4. The summed E-state index contributed by atoms with van der Waals surface area (Å²) in [6.45, 7) is 1.68. The van der Waals surface area contributed by atoms with Crippen molar-refractivity contribution >= 4 is 33.5 Å². The van der Waals surface area contributed by atoms with Gasteiger partial charge in [-0.2, -0.15) is 5.10 Å². The minimum Gasteiger partial charge on any atom is -0.545 e. The van der Waals surface area contributed by atoms with Crippen LogP contribution < -0.4 is 5.11 Å². The fourth-order valence-corrected chi connectivity index (χ4v) is 4.15. The van der Waals surface area contributed by atoms with Gasteiger partial charge < -0.3 is 9.90 Å². The summed E-state index contributed by atoms with van der Waals surface area (Å²) in [7, 11) is -3.03. The van der Waals surface area contributed by atoms with Crippen LogP contribution in [-0.2, 0) is 14.6 Å². The Balaban J connectivity index is 2.34. The van der Waals surface area contributed by atoms with Gasteiger partial charge >= 0.3 is 0 Å². The second-order valence-electron chi connectivity index (χ2n) is 4.44. The van der Waals surface area contributed by atoms with Crippen molar-refractivity contribution in [1.82, 2.24) is 9.78 Å². The van der Waals surface area contributed by atoms with Gasteiger partial charge in [-0.1, -0.05) is 11.6 Å². The Morgan fingerprint density at radius 1 is 1.58 bits per heavy atom. The number of carbonyl (C=O) groups is 1. The molecule has 8 heteroatoms. The lowest BCUT2D eigenvalue weighted by Gasteiger charge is -2.09.